The first-order valence-electron chi connectivity index (χ1n) is 8.65. The molecule has 3 rings (SSSR count). The molecule has 2 heterocycles. The van der Waals surface area contributed by atoms with Gasteiger partial charge < -0.3 is 10.6 Å². The number of nitrogens with zero attached hydrogens (tertiary/aromatic N) is 1. The van der Waals surface area contributed by atoms with Crippen LogP contribution in [-0.4, -0.2) is 28.9 Å². The Hall–Kier alpha value is -1.70. The highest BCUT2D eigenvalue weighted by Gasteiger charge is 2.50. The Morgan fingerprint density at radius 2 is 1.50 bits per heavy atom. The molecule has 0 aliphatic carbocycles. The van der Waals surface area contributed by atoms with Crippen LogP contribution in [0.4, 0.5) is 22.0 Å². The zero-order valence-electron chi connectivity index (χ0n) is 14.3. The Bertz CT molecular complexity index is 659. The van der Waals surface area contributed by atoms with E-state index in [1.54, 1.807) is 0 Å². The number of rotatable bonds is 3. The summed E-state index contributed by atoms with van der Waals surface area (Å²) in [6, 6.07) is 0.248. The summed E-state index contributed by atoms with van der Waals surface area (Å²) in [6.07, 6.45) is -1.53. The van der Waals surface area contributed by atoms with Crippen molar-refractivity contribution in [2.45, 2.75) is 62.8 Å². The molecule has 0 aromatic heterocycles. The van der Waals surface area contributed by atoms with E-state index in [0.29, 0.717) is 30.2 Å². The number of carbonyl (C=O) groups is 1. The number of hydrogen-bond acceptors (Lipinski definition) is 2. The van der Waals surface area contributed by atoms with Crippen molar-refractivity contribution < 1.29 is 26.7 Å². The van der Waals surface area contributed by atoms with Crippen LogP contribution >= 0.6 is 0 Å². The molecule has 2 aliphatic heterocycles. The first kappa shape index (κ1) is 19.1. The third kappa shape index (κ3) is 3.31. The number of hydrogen-bond donors (Lipinski definition) is 1. The van der Waals surface area contributed by atoms with Crippen molar-refractivity contribution in [1.29, 1.82) is 0 Å². The lowest BCUT2D eigenvalue weighted by molar-refractivity contribution is -0.148. The van der Waals surface area contributed by atoms with Crippen LogP contribution in [0, 0.1) is 5.92 Å². The van der Waals surface area contributed by atoms with Gasteiger partial charge >= 0.3 is 6.18 Å². The molecule has 8 heteroatoms. The summed E-state index contributed by atoms with van der Waals surface area (Å²) in [5, 5.41) is 0. The monoisotopic (exact) mass is 376 g/mol. The molecule has 2 saturated heterocycles. The van der Waals surface area contributed by atoms with Crippen LogP contribution in [0.5, 0.6) is 0 Å². The van der Waals surface area contributed by atoms with E-state index in [2.05, 4.69) is 6.92 Å². The van der Waals surface area contributed by atoms with Crippen LogP contribution in [0.15, 0.2) is 24.3 Å². The molecule has 2 aliphatic rings. The highest BCUT2D eigenvalue weighted by Crippen LogP contribution is 2.41. The fourth-order valence-corrected chi connectivity index (χ4v) is 4.19. The maximum Gasteiger partial charge on any atom is 0.416 e. The average molecular weight is 376 g/mol. The molecule has 0 spiro atoms. The summed E-state index contributed by atoms with van der Waals surface area (Å²) in [5.74, 6) is -4.14. The topological polar surface area (TPSA) is 46.3 Å². The van der Waals surface area contributed by atoms with Crippen LogP contribution in [0.1, 0.15) is 43.7 Å². The van der Waals surface area contributed by atoms with E-state index in [0.717, 1.165) is 25.7 Å². The number of benzene rings is 1. The van der Waals surface area contributed by atoms with E-state index in [4.69, 9.17) is 5.73 Å². The second-order valence-electron chi connectivity index (χ2n) is 7.38. The predicted octanol–water partition coefficient (Wildman–Crippen LogP) is 3.91. The Morgan fingerprint density at radius 1 is 1.04 bits per heavy atom. The average Bonchev–Trinajstić information content (AvgIpc) is 2.84. The molecule has 3 nitrogen and oxygen atoms in total. The predicted molar refractivity (Wildman–Crippen MR) is 85.4 cm³/mol. The van der Waals surface area contributed by atoms with Gasteiger partial charge in [0.25, 0.3) is 5.92 Å². The minimum absolute atomic E-state index is 0.0781. The maximum atomic E-state index is 14.7. The number of alkyl halides is 5. The molecule has 3 unspecified atom stereocenters. The standard InChI is InChI=1S/C18H21F5N2O/c1-10-8-13-6-7-14(9-10)25(13)16(26)15(24)17(19,20)11-2-4-12(5-3-11)18(21,22)23/h2-5,10,13-15H,6-9,24H2,1H3. The molecular formula is C18H21F5N2O. The number of nitrogens with two attached hydrogens (primary N) is 1. The second-order valence-corrected chi connectivity index (χ2v) is 7.38. The summed E-state index contributed by atoms with van der Waals surface area (Å²) >= 11 is 0. The number of fused-ring (bicyclic) bond motifs is 2. The van der Waals surface area contributed by atoms with Crippen LogP contribution in [-0.2, 0) is 16.9 Å². The van der Waals surface area contributed by atoms with Crippen LogP contribution in [0.25, 0.3) is 0 Å². The minimum Gasteiger partial charge on any atom is -0.335 e. The molecule has 0 saturated carbocycles. The summed E-state index contributed by atoms with van der Waals surface area (Å²) < 4.78 is 67.2. The molecule has 26 heavy (non-hydrogen) atoms. The summed E-state index contributed by atoms with van der Waals surface area (Å²) in [6.45, 7) is 2.07. The maximum absolute atomic E-state index is 14.7. The quantitative estimate of drug-likeness (QED) is 0.813. The number of amides is 1. The van der Waals surface area contributed by atoms with Gasteiger partial charge in [0.2, 0.25) is 5.91 Å². The van der Waals surface area contributed by atoms with E-state index in [-0.39, 0.29) is 12.1 Å². The molecule has 2 bridgehead atoms. The van der Waals surface area contributed by atoms with Crippen LogP contribution in [0.3, 0.4) is 0 Å². The van der Waals surface area contributed by atoms with Crippen molar-refractivity contribution >= 4 is 5.91 Å². The van der Waals surface area contributed by atoms with Gasteiger partial charge in [-0.2, -0.15) is 22.0 Å². The highest BCUT2D eigenvalue weighted by atomic mass is 19.4. The highest BCUT2D eigenvalue weighted by molar-refractivity contribution is 5.84. The smallest absolute Gasteiger partial charge is 0.335 e. The molecule has 3 atom stereocenters. The fourth-order valence-electron chi connectivity index (χ4n) is 4.19. The number of carbonyl (C=O) groups excluding carboxylic acids is 1. The van der Waals surface area contributed by atoms with E-state index in [9.17, 15) is 26.7 Å². The fraction of sp³-hybridized carbons (Fsp3) is 0.611. The summed E-state index contributed by atoms with van der Waals surface area (Å²) in [5.41, 5.74) is 3.89. The number of halogens is 5. The molecule has 2 N–H and O–H groups in total. The van der Waals surface area contributed by atoms with Gasteiger partial charge in [-0.1, -0.05) is 19.1 Å². The third-order valence-corrected chi connectivity index (χ3v) is 5.48. The van der Waals surface area contributed by atoms with Gasteiger partial charge in [-0.15, -0.1) is 0 Å². The molecule has 1 aromatic rings. The van der Waals surface area contributed by atoms with E-state index in [1.165, 1.54) is 4.90 Å². The van der Waals surface area contributed by atoms with Gasteiger partial charge in [-0.25, -0.2) is 0 Å². The van der Waals surface area contributed by atoms with Crippen molar-refractivity contribution in [1.82, 2.24) is 4.90 Å². The Labute approximate surface area is 148 Å². The Morgan fingerprint density at radius 3 is 1.96 bits per heavy atom. The van der Waals surface area contributed by atoms with Gasteiger partial charge in [-0.3, -0.25) is 4.79 Å². The molecule has 144 valence electrons. The second kappa shape index (κ2) is 6.48. The van der Waals surface area contributed by atoms with E-state index >= 15 is 0 Å². The lowest BCUT2D eigenvalue weighted by Gasteiger charge is -2.40. The third-order valence-electron chi connectivity index (χ3n) is 5.48. The summed E-state index contributed by atoms with van der Waals surface area (Å²) in [4.78, 5) is 14.1. The molecule has 1 aromatic carbocycles. The van der Waals surface area contributed by atoms with Gasteiger partial charge in [0.15, 0.2) is 6.04 Å². The number of piperidine rings is 1. The van der Waals surface area contributed by atoms with Crippen molar-refractivity contribution in [2.75, 3.05) is 0 Å². The van der Waals surface area contributed by atoms with Gasteiger partial charge in [0.1, 0.15) is 0 Å². The van der Waals surface area contributed by atoms with Gasteiger partial charge in [0.05, 0.1) is 5.56 Å². The Balaban J connectivity index is 1.79. The minimum atomic E-state index is -4.62. The lowest BCUT2D eigenvalue weighted by Crippen LogP contribution is -2.57. The lowest BCUT2D eigenvalue weighted by atomic mass is 9.91. The molecule has 0 radical (unpaired) electrons. The zero-order valence-corrected chi connectivity index (χ0v) is 14.3. The normalized spacial score (nSPS) is 27.5. The summed E-state index contributed by atoms with van der Waals surface area (Å²) in [7, 11) is 0. The van der Waals surface area contributed by atoms with E-state index in [1.807, 2.05) is 0 Å². The first-order valence-corrected chi connectivity index (χ1v) is 8.65. The molecule has 2 fully saturated rings. The van der Waals surface area contributed by atoms with Crippen LogP contribution in [0.2, 0.25) is 0 Å². The van der Waals surface area contributed by atoms with Gasteiger partial charge in [-0.05, 0) is 43.7 Å². The van der Waals surface area contributed by atoms with Crippen molar-refractivity contribution in [2.24, 2.45) is 11.7 Å². The Kier molecular flexibility index (Phi) is 4.75. The molecule has 1 amide bonds. The van der Waals surface area contributed by atoms with E-state index < -0.39 is 35.2 Å². The van der Waals surface area contributed by atoms with Crippen LogP contribution < -0.4 is 5.73 Å². The van der Waals surface area contributed by atoms with Crippen molar-refractivity contribution in [3.8, 4) is 0 Å². The largest absolute Gasteiger partial charge is 0.416 e. The van der Waals surface area contributed by atoms with Crippen molar-refractivity contribution in [3.63, 3.8) is 0 Å². The van der Waals surface area contributed by atoms with Gasteiger partial charge in [0, 0.05) is 17.6 Å². The SMILES string of the molecule is CC1CC2CCC(C1)N2C(=O)C(N)C(F)(F)c1ccc(C(F)(F)F)cc1. The van der Waals surface area contributed by atoms with Crippen molar-refractivity contribution in [3.05, 3.63) is 35.4 Å². The first-order chi connectivity index (χ1) is 12.0. The zero-order chi connectivity index (χ0) is 19.3. The molecular weight excluding hydrogens is 355 g/mol.